The Bertz CT molecular complexity index is 350. The fraction of sp³-hybridized carbons (Fsp3) is 0. The van der Waals surface area contributed by atoms with Crippen LogP contribution in [0.5, 0.6) is 0 Å². The summed E-state index contributed by atoms with van der Waals surface area (Å²) >= 11 is 0. The van der Waals surface area contributed by atoms with Gasteiger partial charge in [-0.1, -0.05) is 0 Å². The van der Waals surface area contributed by atoms with Gasteiger partial charge in [0.1, 0.15) is 0 Å². The number of halogens is 1. The van der Waals surface area contributed by atoms with Gasteiger partial charge in [0.15, 0.2) is 0 Å². The molecule has 0 saturated heterocycles. The minimum Gasteiger partial charge on any atom is -1.00 e. The molecular formula is H7ClK3N3NaO14PS. The monoisotopic (exact) mass is 511 g/mol. The zero-order valence-electron chi connectivity index (χ0n) is 13.0. The summed E-state index contributed by atoms with van der Waals surface area (Å²) in [6.45, 7) is 0. The smallest absolute Gasteiger partial charge is 1.00 e. The van der Waals surface area contributed by atoms with Crippen LogP contribution >= 0.6 is 7.82 Å². The molecule has 24 heavy (non-hydrogen) atoms. The maximum absolute atomic E-state index is 8.77. The standard InChI is InChI=1S/ClH.3K.HNO3.NO3.H3N.Na.H3O4P.H2O4S/c;;;;2*2-1(3)4;;;2*1-5(2,3)4/h1H;;;;(H,2,3,4);;1H3;;(H3,1,2,3,4);(H2,1,2,3,4)/q;3*+1;;-1;;+1;;/p-3. The first-order valence-electron chi connectivity index (χ1n) is 2.54. The first-order chi connectivity index (χ1) is 7.46. The van der Waals surface area contributed by atoms with E-state index in [0.29, 0.717) is 0 Å². The van der Waals surface area contributed by atoms with E-state index in [1.54, 1.807) is 0 Å². The van der Waals surface area contributed by atoms with Gasteiger partial charge in [0.25, 0.3) is 12.9 Å². The Morgan fingerprint density at radius 3 is 0.917 bits per heavy atom. The zero-order valence-corrected chi connectivity index (χ0v) is 26.8. The molecule has 0 heterocycles. The predicted molar refractivity (Wildman–Crippen MR) is 47.6 cm³/mol. The first-order valence-corrected chi connectivity index (χ1v) is 5.41. The number of quaternary nitrogens is 1. The first kappa shape index (κ1) is 63.0. The molecule has 128 valence electrons. The van der Waals surface area contributed by atoms with Crippen LogP contribution in [0, 0.1) is 25.4 Å². The maximum Gasteiger partial charge on any atom is 1.00 e. The summed E-state index contributed by atoms with van der Waals surface area (Å²) in [5.41, 5.74) is 0. The Kier molecular flexibility index (Phi) is 100. The van der Waals surface area contributed by atoms with Crippen molar-refractivity contribution in [2.75, 3.05) is 0 Å². The van der Waals surface area contributed by atoms with Crippen molar-refractivity contribution in [1.29, 1.82) is 0 Å². The molecule has 0 aromatic carbocycles. The SMILES string of the molecule is O=P([O-])(O)O.O=S(=O)([O-])[O-].O=[N+]([O-])O.O=[N+]([O-])[O-].[Cl-].[K+].[K+].[K+].[NH4+].[Na+]. The molecule has 0 atom stereocenters. The van der Waals surface area contributed by atoms with Gasteiger partial charge in [-0.05, 0) is 0 Å². The van der Waals surface area contributed by atoms with Crippen LogP contribution < -0.4 is 207 Å². The van der Waals surface area contributed by atoms with Crippen LogP contribution in [0.15, 0.2) is 0 Å². The number of nitrogens with zero attached hydrogens (tertiary/aromatic N) is 2. The van der Waals surface area contributed by atoms with Crippen LogP contribution in [-0.4, -0.2) is 42.7 Å². The molecule has 0 aliphatic rings. The molecule has 0 rings (SSSR count). The largest absolute Gasteiger partial charge is 1.00 e. The minimum absolute atomic E-state index is 0. The molecule has 7 N–H and O–H groups in total. The molecule has 0 aliphatic carbocycles. The van der Waals surface area contributed by atoms with Gasteiger partial charge in [-0.25, -0.2) is 0 Å². The van der Waals surface area contributed by atoms with E-state index in [2.05, 4.69) is 0 Å². The van der Waals surface area contributed by atoms with Crippen molar-refractivity contribution in [2.24, 2.45) is 0 Å². The maximum atomic E-state index is 8.77. The van der Waals surface area contributed by atoms with E-state index < -0.39 is 28.4 Å². The van der Waals surface area contributed by atoms with Gasteiger partial charge in [-0.15, -0.1) is 10.1 Å². The van der Waals surface area contributed by atoms with E-state index >= 15 is 0 Å². The van der Waals surface area contributed by atoms with Crippen LogP contribution in [0.3, 0.4) is 0 Å². The van der Waals surface area contributed by atoms with Crippen LogP contribution in [0.1, 0.15) is 0 Å². The predicted octanol–water partition coefficient (Wildman–Crippen LogP) is -18.1. The van der Waals surface area contributed by atoms with Crippen LogP contribution in [-0.2, 0) is 15.0 Å². The second-order valence-corrected chi connectivity index (χ2v) is 3.16. The van der Waals surface area contributed by atoms with Gasteiger partial charge in [0.05, 0.1) is 5.09 Å². The molecule has 0 aromatic rings. The molecule has 0 spiro atoms. The molecule has 0 fully saturated rings. The fourth-order valence-electron chi connectivity index (χ4n) is 0. The van der Waals surface area contributed by atoms with Crippen molar-refractivity contribution in [3.05, 3.63) is 25.4 Å². The molecule has 24 heteroatoms. The van der Waals surface area contributed by atoms with Crippen molar-refractivity contribution >= 4 is 18.2 Å². The van der Waals surface area contributed by atoms with Crippen molar-refractivity contribution in [3.8, 4) is 0 Å². The molecule has 0 saturated carbocycles. The summed E-state index contributed by atoms with van der Waals surface area (Å²) in [6.07, 6.45) is 0. The van der Waals surface area contributed by atoms with E-state index in [-0.39, 0.29) is 202 Å². The van der Waals surface area contributed by atoms with Crippen LogP contribution in [0.2, 0.25) is 0 Å². The van der Waals surface area contributed by atoms with Crippen LogP contribution in [0.4, 0.5) is 0 Å². The summed E-state index contributed by atoms with van der Waals surface area (Å²) in [5.74, 6) is 0. The summed E-state index contributed by atoms with van der Waals surface area (Å²) < 4.78 is 42.9. The number of hydrogen-bond donors (Lipinski definition) is 4. The third kappa shape index (κ3) is 840. The Morgan fingerprint density at radius 1 is 0.917 bits per heavy atom. The molecule has 0 aliphatic heterocycles. The molecule has 0 radical (unpaired) electrons. The topological polar surface area (TPSA) is 327 Å². The average molecular weight is 512 g/mol. The molecule has 0 aromatic heterocycles. The van der Waals surface area contributed by atoms with E-state index in [4.69, 9.17) is 67.4 Å². The van der Waals surface area contributed by atoms with Crippen molar-refractivity contribution in [2.45, 2.75) is 0 Å². The summed E-state index contributed by atoms with van der Waals surface area (Å²) in [4.78, 5) is 39.5. The zero-order chi connectivity index (χ0) is 16.2. The quantitative estimate of drug-likeness (QED) is 0.0585. The van der Waals surface area contributed by atoms with Gasteiger partial charge < -0.3 is 62.9 Å². The van der Waals surface area contributed by atoms with Gasteiger partial charge >= 0.3 is 184 Å². The Hall–Kier alpha value is 4.54. The van der Waals surface area contributed by atoms with Crippen molar-refractivity contribution in [1.82, 2.24) is 6.15 Å². The van der Waals surface area contributed by atoms with E-state index in [0.717, 1.165) is 0 Å². The molecule has 0 unspecified atom stereocenters. The summed E-state index contributed by atoms with van der Waals surface area (Å²) in [6, 6.07) is 0. The average Bonchev–Trinajstić information content (AvgIpc) is 1.70. The summed E-state index contributed by atoms with van der Waals surface area (Å²) in [7, 11) is -10.1. The Labute approximate surface area is 290 Å². The van der Waals surface area contributed by atoms with Gasteiger partial charge in [-0.2, -0.15) is 0 Å². The Balaban J connectivity index is -0.0000000126. The van der Waals surface area contributed by atoms with Gasteiger partial charge in [0, 0.05) is 10.4 Å². The second-order valence-electron chi connectivity index (χ2n) is 1.36. The minimum atomic E-state index is -5.17. The molecular weight excluding hydrogens is 505 g/mol. The van der Waals surface area contributed by atoms with E-state index in [9.17, 15) is 0 Å². The second kappa shape index (κ2) is 38.2. The van der Waals surface area contributed by atoms with Gasteiger partial charge in [-0.3, -0.25) is 13.0 Å². The normalized spacial score (nSPS) is 6.88. The number of rotatable bonds is 0. The van der Waals surface area contributed by atoms with E-state index in [1.165, 1.54) is 0 Å². The van der Waals surface area contributed by atoms with Crippen molar-refractivity contribution < 1.29 is 248 Å². The number of hydrogen-bond acceptors (Lipinski definition) is 11. The number of phosphoric acid groups is 1. The van der Waals surface area contributed by atoms with Gasteiger partial charge in [0.2, 0.25) is 0 Å². The molecule has 0 bridgehead atoms. The van der Waals surface area contributed by atoms with E-state index in [1.807, 2.05) is 0 Å². The summed E-state index contributed by atoms with van der Waals surface area (Å²) in [5, 5.41) is 28.4. The fourth-order valence-corrected chi connectivity index (χ4v) is 0. The van der Waals surface area contributed by atoms with Crippen molar-refractivity contribution in [3.63, 3.8) is 0 Å². The van der Waals surface area contributed by atoms with Crippen LogP contribution in [0.25, 0.3) is 0 Å². The Morgan fingerprint density at radius 2 is 0.917 bits per heavy atom. The third-order valence-electron chi connectivity index (χ3n) is 0. The molecule has 17 nitrogen and oxygen atoms in total. The molecule has 0 amide bonds. The third-order valence-corrected chi connectivity index (χ3v) is 0.